The summed E-state index contributed by atoms with van der Waals surface area (Å²) >= 11 is 1.38. The van der Waals surface area contributed by atoms with Crippen LogP contribution >= 0.6 is 23.7 Å². The monoisotopic (exact) mass is 328 g/mol. The van der Waals surface area contributed by atoms with Crippen LogP contribution in [-0.4, -0.2) is 54.6 Å². The third kappa shape index (κ3) is 4.64. The number of hydrogen-bond acceptors (Lipinski definition) is 3. The van der Waals surface area contributed by atoms with Gasteiger partial charge in [-0.05, 0) is 23.9 Å². The maximum absolute atomic E-state index is 12.2. The zero-order chi connectivity index (χ0) is 14.0. The summed E-state index contributed by atoms with van der Waals surface area (Å²) in [5.41, 5.74) is 1.03. The molecule has 0 N–H and O–H groups in total. The molecule has 0 aromatic carbocycles. The van der Waals surface area contributed by atoms with Gasteiger partial charge in [-0.3, -0.25) is 9.69 Å². The molecule has 0 bridgehead atoms. The van der Waals surface area contributed by atoms with Gasteiger partial charge in [0, 0.05) is 26.2 Å². The van der Waals surface area contributed by atoms with E-state index >= 15 is 0 Å². The molecule has 0 atom stereocenters. The van der Waals surface area contributed by atoms with E-state index in [4.69, 9.17) is 0 Å². The van der Waals surface area contributed by atoms with Crippen LogP contribution in [-0.2, 0) is 0 Å². The Labute approximate surface area is 125 Å². The minimum atomic E-state index is -4.17. The van der Waals surface area contributed by atoms with Gasteiger partial charge < -0.3 is 4.90 Å². The summed E-state index contributed by atoms with van der Waals surface area (Å²) in [5.74, 6) is -0.0789. The molecule has 2 rings (SSSR count). The first-order chi connectivity index (χ1) is 8.85. The number of aryl methyl sites for hydroxylation is 1. The molecular weight excluding hydrogens is 313 g/mol. The summed E-state index contributed by atoms with van der Waals surface area (Å²) in [5, 5.41) is 1.90. The number of nitrogens with zero attached hydrogens (tertiary/aromatic N) is 2. The lowest BCUT2D eigenvalue weighted by Gasteiger charge is -2.34. The molecule has 1 aliphatic heterocycles. The van der Waals surface area contributed by atoms with Crippen LogP contribution < -0.4 is 0 Å². The average molecular weight is 329 g/mol. The van der Waals surface area contributed by atoms with Crippen LogP contribution in [0.5, 0.6) is 0 Å². The fourth-order valence-electron chi connectivity index (χ4n) is 2.06. The number of hydrogen-bond donors (Lipinski definition) is 0. The van der Waals surface area contributed by atoms with Gasteiger partial charge >= 0.3 is 6.18 Å². The van der Waals surface area contributed by atoms with Crippen molar-refractivity contribution >= 4 is 29.7 Å². The molecule has 0 unspecified atom stereocenters. The molecule has 0 aliphatic carbocycles. The first kappa shape index (κ1) is 17.3. The van der Waals surface area contributed by atoms with Gasteiger partial charge in [0.1, 0.15) is 0 Å². The Balaban J connectivity index is 0.00000200. The normalized spacial score (nSPS) is 16.9. The lowest BCUT2D eigenvalue weighted by Crippen LogP contribution is -2.50. The number of carbonyl (C=O) groups is 1. The molecule has 1 amide bonds. The van der Waals surface area contributed by atoms with E-state index in [1.165, 1.54) is 16.2 Å². The Kier molecular flexibility index (Phi) is 5.85. The first-order valence-electron chi connectivity index (χ1n) is 5.99. The van der Waals surface area contributed by atoms with Crippen LogP contribution in [0.3, 0.4) is 0 Å². The molecule has 1 saturated heterocycles. The maximum atomic E-state index is 12.2. The Morgan fingerprint density at radius 2 is 1.90 bits per heavy atom. The highest BCUT2D eigenvalue weighted by atomic mass is 35.5. The molecular formula is C12H16ClF3N2OS. The van der Waals surface area contributed by atoms with Crippen LogP contribution in [0.15, 0.2) is 11.4 Å². The molecule has 1 aromatic heterocycles. The fourth-order valence-corrected chi connectivity index (χ4v) is 2.93. The Hall–Kier alpha value is -0.790. The number of amides is 1. The van der Waals surface area contributed by atoms with E-state index < -0.39 is 12.7 Å². The summed E-state index contributed by atoms with van der Waals surface area (Å²) in [4.78, 5) is 15.7. The summed E-state index contributed by atoms with van der Waals surface area (Å²) in [6, 6.07) is 1.81. The molecule has 114 valence electrons. The van der Waals surface area contributed by atoms with Gasteiger partial charge in [0.15, 0.2) is 0 Å². The van der Waals surface area contributed by atoms with Crippen LogP contribution in [0.25, 0.3) is 0 Å². The highest BCUT2D eigenvalue weighted by molar-refractivity contribution is 7.12. The molecule has 20 heavy (non-hydrogen) atoms. The standard InChI is InChI=1S/C12H15F3N2OS.ClH/c1-9-6-10(19-7-9)11(18)17-4-2-16(3-5-17)8-12(13,14)15;/h6-7H,2-5,8H2,1H3;1H. The second-order valence-electron chi connectivity index (χ2n) is 4.67. The van der Waals surface area contributed by atoms with Gasteiger partial charge in [0.25, 0.3) is 5.91 Å². The maximum Gasteiger partial charge on any atom is 0.401 e. The first-order valence-corrected chi connectivity index (χ1v) is 6.86. The molecule has 0 saturated carbocycles. The second kappa shape index (κ2) is 6.78. The third-order valence-electron chi connectivity index (χ3n) is 3.00. The quantitative estimate of drug-likeness (QED) is 0.833. The van der Waals surface area contributed by atoms with Crippen molar-refractivity contribution in [1.29, 1.82) is 0 Å². The van der Waals surface area contributed by atoms with E-state index in [0.29, 0.717) is 18.0 Å². The van der Waals surface area contributed by atoms with Crippen molar-refractivity contribution in [1.82, 2.24) is 9.80 Å². The van der Waals surface area contributed by atoms with Gasteiger partial charge in [0.05, 0.1) is 11.4 Å². The Morgan fingerprint density at radius 3 is 2.35 bits per heavy atom. The predicted octanol–water partition coefficient (Wildman–Crippen LogP) is 2.80. The summed E-state index contributed by atoms with van der Waals surface area (Å²) in [6.07, 6.45) is -4.17. The molecule has 0 radical (unpaired) electrons. The zero-order valence-electron chi connectivity index (χ0n) is 10.9. The largest absolute Gasteiger partial charge is 0.401 e. The van der Waals surface area contributed by atoms with Crippen molar-refractivity contribution in [3.63, 3.8) is 0 Å². The van der Waals surface area contributed by atoms with E-state index in [1.54, 1.807) is 4.90 Å². The number of alkyl halides is 3. The van der Waals surface area contributed by atoms with Gasteiger partial charge in [-0.2, -0.15) is 13.2 Å². The van der Waals surface area contributed by atoms with Crippen molar-refractivity contribution in [3.05, 3.63) is 21.9 Å². The highest BCUT2D eigenvalue weighted by Crippen LogP contribution is 2.20. The SMILES string of the molecule is Cc1csc(C(=O)N2CCN(CC(F)(F)F)CC2)c1.Cl. The van der Waals surface area contributed by atoms with Gasteiger partial charge in [-0.1, -0.05) is 0 Å². The Bertz CT molecular complexity index is 456. The highest BCUT2D eigenvalue weighted by Gasteiger charge is 2.33. The minimum absolute atomic E-state index is 0. The van der Waals surface area contributed by atoms with E-state index in [1.807, 2.05) is 18.4 Å². The molecule has 1 aromatic rings. The average Bonchev–Trinajstić information content (AvgIpc) is 2.74. The number of rotatable bonds is 2. The van der Waals surface area contributed by atoms with Crippen molar-refractivity contribution in [2.24, 2.45) is 0 Å². The third-order valence-corrected chi connectivity index (χ3v) is 4.04. The van der Waals surface area contributed by atoms with E-state index in [2.05, 4.69) is 0 Å². The Morgan fingerprint density at radius 1 is 1.30 bits per heavy atom. The molecule has 3 nitrogen and oxygen atoms in total. The van der Waals surface area contributed by atoms with Crippen molar-refractivity contribution in [2.45, 2.75) is 13.1 Å². The minimum Gasteiger partial charge on any atom is -0.335 e. The molecule has 0 spiro atoms. The smallest absolute Gasteiger partial charge is 0.335 e. The second-order valence-corrected chi connectivity index (χ2v) is 5.58. The fraction of sp³-hybridized carbons (Fsp3) is 0.583. The van der Waals surface area contributed by atoms with E-state index in [-0.39, 0.29) is 31.4 Å². The van der Waals surface area contributed by atoms with Crippen LogP contribution in [0.1, 0.15) is 15.2 Å². The van der Waals surface area contributed by atoms with Gasteiger partial charge in [-0.25, -0.2) is 0 Å². The number of halogens is 4. The number of carbonyl (C=O) groups excluding carboxylic acids is 1. The zero-order valence-corrected chi connectivity index (χ0v) is 12.6. The van der Waals surface area contributed by atoms with Crippen molar-refractivity contribution in [2.75, 3.05) is 32.7 Å². The van der Waals surface area contributed by atoms with Crippen molar-refractivity contribution < 1.29 is 18.0 Å². The van der Waals surface area contributed by atoms with Crippen LogP contribution in [0.4, 0.5) is 13.2 Å². The summed E-state index contributed by atoms with van der Waals surface area (Å²) in [6.45, 7) is 2.27. The molecule has 2 heterocycles. The van der Waals surface area contributed by atoms with Crippen LogP contribution in [0, 0.1) is 6.92 Å². The number of piperazine rings is 1. The topological polar surface area (TPSA) is 23.6 Å². The predicted molar refractivity (Wildman–Crippen MR) is 74.7 cm³/mol. The van der Waals surface area contributed by atoms with Crippen LogP contribution in [0.2, 0.25) is 0 Å². The van der Waals surface area contributed by atoms with E-state index in [0.717, 1.165) is 5.56 Å². The van der Waals surface area contributed by atoms with Gasteiger partial charge in [-0.15, -0.1) is 23.7 Å². The van der Waals surface area contributed by atoms with Crippen molar-refractivity contribution in [3.8, 4) is 0 Å². The van der Waals surface area contributed by atoms with Gasteiger partial charge in [0.2, 0.25) is 0 Å². The lowest BCUT2D eigenvalue weighted by molar-refractivity contribution is -0.148. The number of thiophene rings is 1. The molecule has 1 aliphatic rings. The molecule has 1 fully saturated rings. The molecule has 8 heteroatoms. The summed E-state index contributed by atoms with van der Waals surface area (Å²) < 4.78 is 36.7. The summed E-state index contributed by atoms with van der Waals surface area (Å²) in [7, 11) is 0. The lowest BCUT2D eigenvalue weighted by atomic mass is 10.2. The van der Waals surface area contributed by atoms with E-state index in [9.17, 15) is 18.0 Å².